The highest BCUT2D eigenvalue weighted by molar-refractivity contribution is 7.80. The Balaban J connectivity index is 2.20. The molecule has 0 aliphatic heterocycles. The fourth-order valence-corrected chi connectivity index (χ4v) is 2.43. The van der Waals surface area contributed by atoms with Crippen molar-refractivity contribution < 1.29 is 14.2 Å². The second-order valence-corrected chi connectivity index (χ2v) is 5.28. The van der Waals surface area contributed by atoms with Gasteiger partial charge in [0.15, 0.2) is 5.11 Å². The zero-order chi connectivity index (χ0) is 16.8. The third kappa shape index (κ3) is 4.18. The average molecular weight is 353 g/mol. The van der Waals surface area contributed by atoms with Gasteiger partial charge in [-0.05, 0) is 24.4 Å². The number of thiocarbonyl (C=S) groups is 1. The van der Waals surface area contributed by atoms with E-state index in [0.717, 1.165) is 5.69 Å². The van der Waals surface area contributed by atoms with Crippen LogP contribution in [0, 0.1) is 0 Å². The van der Waals surface area contributed by atoms with Crippen molar-refractivity contribution in [2.45, 2.75) is 0 Å². The van der Waals surface area contributed by atoms with Crippen LogP contribution in [0.2, 0.25) is 5.02 Å². The van der Waals surface area contributed by atoms with Crippen LogP contribution in [0.25, 0.3) is 0 Å². The van der Waals surface area contributed by atoms with Crippen LogP contribution in [-0.2, 0) is 0 Å². The van der Waals surface area contributed by atoms with Gasteiger partial charge >= 0.3 is 0 Å². The Labute approximate surface area is 145 Å². The van der Waals surface area contributed by atoms with Crippen LogP contribution in [0.1, 0.15) is 0 Å². The third-order valence-electron chi connectivity index (χ3n) is 3.08. The van der Waals surface area contributed by atoms with Crippen LogP contribution in [0.5, 0.6) is 17.2 Å². The van der Waals surface area contributed by atoms with Crippen LogP contribution >= 0.6 is 23.8 Å². The van der Waals surface area contributed by atoms with Gasteiger partial charge in [0.25, 0.3) is 0 Å². The maximum Gasteiger partial charge on any atom is 0.175 e. The van der Waals surface area contributed by atoms with Crippen LogP contribution in [0.15, 0.2) is 36.4 Å². The molecule has 0 aliphatic rings. The number of rotatable bonds is 5. The number of ether oxygens (including phenoxy) is 3. The van der Waals surface area contributed by atoms with Gasteiger partial charge in [-0.3, -0.25) is 0 Å². The SMILES string of the molecule is COc1cc(NC(=S)Nc2ccccc2OC)c(OC)cc1Cl. The molecule has 5 nitrogen and oxygen atoms in total. The van der Waals surface area contributed by atoms with E-state index in [1.165, 1.54) is 0 Å². The van der Waals surface area contributed by atoms with Gasteiger partial charge in [0.1, 0.15) is 17.2 Å². The van der Waals surface area contributed by atoms with Crippen molar-refractivity contribution in [3.63, 3.8) is 0 Å². The minimum atomic E-state index is 0.386. The van der Waals surface area contributed by atoms with Crippen molar-refractivity contribution in [3.8, 4) is 17.2 Å². The topological polar surface area (TPSA) is 51.8 Å². The van der Waals surface area contributed by atoms with E-state index in [2.05, 4.69) is 10.6 Å². The monoisotopic (exact) mass is 352 g/mol. The summed E-state index contributed by atoms with van der Waals surface area (Å²) >= 11 is 11.4. The number of para-hydroxylation sites is 2. The second kappa shape index (κ2) is 7.89. The molecule has 122 valence electrons. The zero-order valence-electron chi connectivity index (χ0n) is 13.0. The first-order valence-electron chi connectivity index (χ1n) is 6.71. The Morgan fingerprint density at radius 2 is 1.48 bits per heavy atom. The van der Waals surface area contributed by atoms with Gasteiger partial charge in [-0.15, -0.1) is 0 Å². The van der Waals surface area contributed by atoms with E-state index in [4.69, 9.17) is 38.0 Å². The maximum atomic E-state index is 6.09. The number of methoxy groups -OCH3 is 3. The fourth-order valence-electron chi connectivity index (χ4n) is 1.98. The Morgan fingerprint density at radius 3 is 2.13 bits per heavy atom. The van der Waals surface area contributed by atoms with Gasteiger partial charge in [-0.25, -0.2) is 0 Å². The molecule has 0 spiro atoms. The molecule has 2 aromatic carbocycles. The fraction of sp³-hybridized carbons (Fsp3) is 0.188. The van der Waals surface area contributed by atoms with Crippen LogP contribution in [0.4, 0.5) is 11.4 Å². The third-order valence-corrected chi connectivity index (χ3v) is 3.58. The first kappa shape index (κ1) is 17.2. The molecule has 0 heterocycles. The molecule has 0 amide bonds. The summed E-state index contributed by atoms with van der Waals surface area (Å²) in [6, 6.07) is 10.9. The quantitative estimate of drug-likeness (QED) is 0.787. The van der Waals surface area contributed by atoms with E-state index in [1.807, 2.05) is 24.3 Å². The van der Waals surface area contributed by atoms with E-state index in [0.29, 0.717) is 33.1 Å². The normalized spacial score (nSPS) is 9.91. The summed E-state index contributed by atoms with van der Waals surface area (Å²) in [5.41, 5.74) is 1.40. The Morgan fingerprint density at radius 1 is 0.870 bits per heavy atom. The van der Waals surface area contributed by atoms with E-state index >= 15 is 0 Å². The Hall–Kier alpha value is -2.18. The highest BCUT2D eigenvalue weighted by atomic mass is 35.5. The first-order valence-corrected chi connectivity index (χ1v) is 7.50. The standard InChI is InChI=1S/C16H17ClN2O3S/c1-20-13-7-5-4-6-11(13)18-16(23)19-12-9-14(21-2)10(17)8-15(12)22-3/h4-9H,1-3H3,(H2,18,19,23). The van der Waals surface area contributed by atoms with Crippen molar-refractivity contribution in [1.29, 1.82) is 0 Å². The molecular formula is C16H17ClN2O3S. The van der Waals surface area contributed by atoms with Gasteiger partial charge in [-0.1, -0.05) is 23.7 Å². The lowest BCUT2D eigenvalue weighted by atomic mass is 10.2. The van der Waals surface area contributed by atoms with Crippen molar-refractivity contribution in [2.75, 3.05) is 32.0 Å². The second-order valence-electron chi connectivity index (χ2n) is 4.47. The number of halogens is 1. The zero-order valence-corrected chi connectivity index (χ0v) is 14.5. The summed E-state index contributed by atoms with van der Waals surface area (Å²) < 4.78 is 15.8. The summed E-state index contributed by atoms with van der Waals surface area (Å²) in [4.78, 5) is 0. The van der Waals surface area contributed by atoms with Gasteiger partial charge in [0, 0.05) is 12.1 Å². The summed E-state index contributed by atoms with van der Waals surface area (Å²) in [6.07, 6.45) is 0. The highest BCUT2D eigenvalue weighted by Gasteiger charge is 2.12. The first-order chi connectivity index (χ1) is 11.1. The summed E-state index contributed by atoms with van der Waals surface area (Å²) in [5, 5.41) is 6.99. The van der Waals surface area contributed by atoms with E-state index in [1.54, 1.807) is 33.5 Å². The van der Waals surface area contributed by atoms with Gasteiger partial charge in [0.2, 0.25) is 0 Å². The number of anilines is 2. The Bertz CT molecular complexity index is 710. The summed E-state index contributed by atoms with van der Waals surface area (Å²) in [6.45, 7) is 0. The lowest BCUT2D eigenvalue weighted by Crippen LogP contribution is -2.20. The molecule has 23 heavy (non-hydrogen) atoms. The molecule has 0 atom stereocenters. The molecule has 0 saturated carbocycles. The van der Waals surface area contributed by atoms with Crippen molar-refractivity contribution in [3.05, 3.63) is 41.4 Å². The number of nitrogens with one attached hydrogen (secondary N) is 2. The van der Waals surface area contributed by atoms with Gasteiger partial charge < -0.3 is 24.8 Å². The van der Waals surface area contributed by atoms with Crippen molar-refractivity contribution >= 4 is 40.3 Å². The number of hydrogen-bond donors (Lipinski definition) is 2. The minimum Gasteiger partial charge on any atom is -0.495 e. The van der Waals surface area contributed by atoms with Gasteiger partial charge in [0.05, 0.1) is 37.7 Å². The summed E-state index contributed by atoms with van der Waals surface area (Å²) in [7, 11) is 4.70. The molecule has 0 fully saturated rings. The number of hydrogen-bond acceptors (Lipinski definition) is 4. The molecule has 0 aromatic heterocycles. The van der Waals surface area contributed by atoms with E-state index < -0.39 is 0 Å². The van der Waals surface area contributed by atoms with E-state index in [9.17, 15) is 0 Å². The molecular weight excluding hydrogens is 336 g/mol. The molecule has 0 saturated heterocycles. The molecule has 0 unspecified atom stereocenters. The molecule has 0 bridgehead atoms. The molecule has 7 heteroatoms. The van der Waals surface area contributed by atoms with Crippen LogP contribution < -0.4 is 24.8 Å². The van der Waals surface area contributed by atoms with Crippen molar-refractivity contribution in [2.24, 2.45) is 0 Å². The van der Waals surface area contributed by atoms with Crippen LogP contribution in [-0.4, -0.2) is 26.4 Å². The van der Waals surface area contributed by atoms with Gasteiger partial charge in [-0.2, -0.15) is 0 Å². The predicted octanol–water partition coefficient (Wildman–Crippen LogP) is 4.17. The minimum absolute atomic E-state index is 0.386. The molecule has 2 aromatic rings. The van der Waals surface area contributed by atoms with Crippen LogP contribution in [0.3, 0.4) is 0 Å². The highest BCUT2D eigenvalue weighted by Crippen LogP contribution is 2.36. The molecule has 0 aliphatic carbocycles. The molecule has 2 N–H and O–H groups in total. The lowest BCUT2D eigenvalue weighted by Gasteiger charge is -2.16. The lowest BCUT2D eigenvalue weighted by molar-refractivity contribution is 0.405. The molecule has 0 radical (unpaired) electrons. The average Bonchev–Trinajstić information content (AvgIpc) is 2.56. The predicted molar refractivity (Wildman–Crippen MR) is 97.4 cm³/mol. The molecule has 2 rings (SSSR count). The van der Waals surface area contributed by atoms with Crippen molar-refractivity contribution in [1.82, 2.24) is 0 Å². The Kier molecular flexibility index (Phi) is 5.90. The maximum absolute atomic E-state index is 6.09. The smallest absolute Gasteiger partial charge is 0.175 e. The largest absolute Gasteiger partial charge is 0.495 e. The number of benzene rings is 2. The van der Waals surface area contributed by atoms with E-state index in [-0.39, 0.29) is 0 Å². The summed E-state index contributed by atoms with van der Waals surface area (Å²) in [5.74, 6) is 1.77.